The highest BCUT2D eigenvalue weighted by Crippen LogP contribution is 2.36. The molecule has 0 saturated carbocycles. The summed E-state index contributed by atoms with van der Waals surface area (Å²) in [7, 11) is 2.96. The normalized spacial score (nSPS) is 11.3. The van der Waals surface area contributed by atoms with Gasteiger partial charge in [-0.25, -0.2) is 0 Å². The summed E-state index contributed by atoms with van der Waals surface area (Å²) >= 11 is 1.57. The molecule has 0 bridgehead atoms. The summed E-state index contributed by atoms with van der Waals surface area (Å²) in [6, 6.07) is 3.61. The zero-order valence-electron chi connectivity index (χ0n) is 11.5. The maximum absolute atomic E-state index is 12.9. The summed E-state index contributed by atoms with van der Waals surface area (Å²) in [5.41, 5.74) is -0.976. The summed E-state index contributed by atoms with van der Waals surface area (Å²) < 4.78 is 38.7. The molecule has 1 N–H and O–H groups in total. The molecular weight excluding hydrogens is 289 g/mol. The topological polar surface area (TPSA) is 32.3 Å². The van der Waals surface area contributed by atoms with Gasteiger partial charge in [0.1, 0.15) is 0 Å². The number of hydrogen-bond donors (Lipinski definition) is 1. The second-order valence-corrected chi connectivity index (χ2v) is 5.18. The van der Waals surface area contributed by atoms with Gasteiger partial charge in [-0.2, -0.15) is 24.9 Å². The van der Waals surface area contributed by atoms with Gasteiger partial charge in [-0.3, -0.25) is 4.79 Å². The van der Waals surface area contributed by atoms with Crippen LogP contribution in [0.1, 0.15) is 15.9 Å². The number of alkyl halides is 3. The van der Waals surface area contributed by atoms with Crippen LogP contribution in [0.15, 0.2) is 18.2 Å². The third-order valence-corrected chi connectivity index (χ3v) is 3.42. The molecule has 0 radical (unpaired) electrons. The van der Waals surface area contributed by atoms with Crippen LogP contribution in [-0.2, 0) is 6.18 Å². The fourth-order valence-corrected chi connectivity index (χ4v) is 2.23. The molecule has 0 fully saturated rings. The predicted octanol–water partition coefficient (Wildman–Crippen LogP) is 3.18. The van der Waals surface area contributed by atoms with E-state index in [1.165, 1.54) is 24.1 Å². The van der Waals surface area contributed by atoms with E-state index in [1.807, 2.05) is 6.26 Å². The molecule has 20 heavy (non-hydrogen) atoms. The first-order chi connectivity index (χ1) is 9.32. The van der Waals surface area contributed by atoms with Crippen molar-refractivity contribution in [1.29, 1.82) is 0 Å². The van der Waals surface area contributed by atoms with Crippen molar-refractivity contribution in [3.05, 3.63) is 29.3 Å². The molecule has 0 aliphatic rings. The Labute approximate surface area is 120 Å². The van der Waals surface area contributed by atoms with Crippen LogP contribution < -0.4 is 5.32 Å². The molecule has 0 unspecified atom stereocenters. The third kappa shape index (κ3) is 3.82. The van der Waals surface area contributed by atoms with Gasteiger partial charge in [-0.1, -0.05) is 6.07 Å². The van der Waals surface area contributed by atoms with E-state index in [0.29, 0.717) is 6.54 Å². The van der Waals surface area contributed by atoms with Crippen molar-refractivity contribution in [2.75, 3.05) is 38.0 Å². The van der Waals surface area contributed by atoms with Crippen LogP contribution in [0.3, 0.4) is 0 Å². The summed E-state index contributed by atoms with van der Waals surface area (Å²) in [6.07, 6.45) is -2.59. The lowest BCUT2D eigenvalue weighted by atomic mass is 10.1. The summed E-state index contributed by atoms with van der Waals surface area (Å²) in [5.74, 6) is 0.310. The Hall–Kier alpha value is -1.37. The minimum atomic E-state index is -4.49. The molecule has 1 aromatic carbocycles. The smallest absolute Gasteiger partial charge is 0.387 e. The van der Waals surface area contributed by atoms with E-state index in [9.17, 15) is 18.0 Å². The van der Waals surface area contributed by atoms with E-state index < -0.39 is 17.6 Å². The molecule has 1 aromatic rings. The lowest BCUT2D eigenvalue weighted by Crippen LogP contribution is -2.30. The second kappa shape index (κ2) is 6.88. The number of benzene rings is 1. The number of anilines is 1. The molecule has 0 aromatic heterocycles. The van der Waals surface area contributed by atoms with Crippen LogP contribution in [0, 0.1) is 0 Å². The van der Waals surface area contributed by atoms with Crippen molar-refractivity contribution in [2.45, 2.75) is 6.18 Å². The van der Waals surface area contributed by atoms with E-state index >= 15 is 0 Å². The Bertz CT molecular complexity index is 477. The van der Waals surface area contributed by atoms with Crippen LogP contribution in [0.25, 0.3) is 0 Å². The first kappa shape index (κ1) is 16.7. The second-order valence-electron chi connectivity index (χ2n) is 4.20. The van der Waals surface area contributed by atoms with Crippen molar-refractivity contribution in [3.63, 3.8) is 0 Å². The van der Waals surface area contributed by atoms with Gasteiger partial charge in [0.2, 0.25) is 0 Å². The van der Waals surface area contributed by atoms with Gasteiger partial charge in [-0.05, 0) is 18.4 Å². The van der Waals surface area contributed by atoms with Crippen molar-refractivity contribution >= 4 is 23.4 Å². The number of hydrogen-bond acceptors (Lipinski definition) is 3. The van der Waals surface area contributed by atoms with E-state index in [-0.39, 0.29) is 11.3 Å². The van der Waals surface area contributed by atoms with Gasteiger partial charge >= 0.3 is 6.18 Å². The van der Waals surface area contributed by atoms with Crippen LogP contribution in [-0.4, -0.2) is 43.5 Å². The van der Waals surface area contributed by atoms with Crippen LogP contribution in [0.2, 0.25) is 0 Å². The maximum atomic E-state index is 12.9. The average molecular weight is 306 g/mol. The number of halogens is 3. The Balaban J connectivity index is 3.15. The Morgan fingerprint density at radius 1 is 1.40 bits per heavy atom. The van der Waals surface area contributed by atoms with Crippen molar-refractivity contribution < 1.29 is 18.0 Å². The minimum Gasteiger partial charge on any atom is -0.387 e. The van der Waals surface area contributed by atoms with Gasteiger partial charge in [0.15, 0.2) is 0 Å². The highest BCUT2D eigenvalue weighted by Gasteiger charge is 2.35. The number of carbonyl (C=O) groups is 1. The number of carbonyl (C=O) groups excluding carboxylic acids is 1. The van der Waals surface area contributed by atoms with Crippen molar-refractivity contribution in [1.82, 2.24) is 4.90 Å². The summed E-state index contributed by atoms with van der Waals surface area (Å²) in [4.78, 5) is 13.6. The van der Waals surface area contributed by atoms with Gasteiger partial charge in [-0.15, -0.1) is 0 Å². The summed E-state index contributed by atoms with van der Waals surface area (Å²) in [6.45, 7) is 0.486. The lowest BCUT2D eigenvalue weighted by molar-refractivity contribution is -0.136. The van der Waals surface area contributed by atoms with Crippen molar-refractivity contribution in [3.8, 4) is 0 Å². The maximum Gasteiger partial charge on any atom is 0.418 e. The minimum absolute atomic E-state index is 0.0333. The molecule has 3 nitrogen and oxygen atoms in total. The fourth-order valence-electron chi connectivity index (χ4n) is 1.77. The zero-order valence-corrected chi connectivity index (χ0v) is 12.4. The van der Waals surface area contributed by atoms with E-state index in [2.05, 4.69) is 5.32 Å². The number of para-hydroxylation sites is 1. The largest absolute Gasteiger partial charge is 0.418 e. The molecule has 0 saturated heterocycles. The van der Waals surface area contributed by atoms with E-state index in [0.717, 1.165) is 11.8 Å². The molecule has 7 heteroatoms. The highest BCUT2D eigenvalue weighted by molar-refractivity contribution is 7.98. The Morgan fingerprint density at radius 2 is 2.05 bits per heavy atom. The molecule has 112 valence electrons. The number of rotatable bonds is 5. The SMILES string of the molecule is CNc1c(C(=O)N(C)CCSC)cccc1C(F)(F)F. The third-order valence-electron chi connectivity index (χ3n) is 2.83. The molecule has 0 aliphatic carbocycles. The number of thioether (sulfide) groups is 1. The first-order valence-corrected chi connectivity index (χ1v) is 7.34. The van der Waals surface area contributed by atoms with E-state index in [4.69, 9.17) is 0 Å². The van der Waals surface area contributed by atoms with Gasteiger partial charge in [0, 0.05) is 26.4 Å². The number of amides is 1. The molecule has 1 rings (SSSR count). The molecule has 1 amide bonds. The Morgan fingerprint density at radius 3 is 2.55 bits per heavy atom. The van der Waals surface area contributed by atoms with Crippen LogP contribution >= 0.6 is 11.8 Å². The number of nitrogens with zero attached hydrogens (tertiary/aromatic N) is 1. The number of nitrogens with one attached hydrogen (secondary N) is 1. The zero-order chi connectivity index (χ0) is 15.3. The molecular formula is C13H17F3N2OS. The molecule has 0 atom stereocenters. The monoisotopic (exact) mass is 306 g/mol. The van der Waals surface area contributed by atoms with E-state index in [1.54, 1.807) is 18.8 Å². The van der Waals surface area contributed by atoms with Gasteiger partial charge in [0.05, 0.1) is 16.8 Å². The standard InChI is InChI=1S/C13H17F3N2OS/c1-17-11-9(12(19)18(2)7-8-20-3)5-4-6-10(11)13(14,15)16/h4-6,17H,7-8H2,1-3H3. The lowest BCUT2D eigenvalue weighted by Gasteiger charge is -2.21. The molecule has 0 aliphatic heterocycles. The molecule has 0 heterocycles. The van der Waals surface area contributed by atoms with Gasteiger partial charge < -0.3 is 10.2 Å². The first-order valence-electron chi connectivity index (χ1n) is 5.95. The average Bonchev–Trinajstić information content (AvgIpc) is 2.41. The van der Waals surface area contributed by atoms with Crippen LogP contribution in [0.4, 0.5) is 18.9 Å². The van der Waals surface area contributed by atoms with Crippen molar-refractivity contribution in [2.24, 2.45) is 0 Å². The fraction of sp³-hybridized carbons (Fsp3) is 0.462. The molecule has 0 spiro atoms. The quantitative estimate of drug-likeness (QED) is 0.907. The predicted molar refractivity (Wildman–Crippen MR) is 76.3 cm³/mol. The van der Waals surface area contributed by atoms with Gasteiger partial charge in [0.25, 0.3) is 5.91 Å². The van der Waals surface area contributed by atoms with Crippen LogP contribution in [0.5, 0.6) is 0 Å². The Kier molecular flexibility index (Phi) is 5.74. The highest BCUT2D eigenvalue weighted by atomic mass is 32.2. The summed E-state index contributed by atoms with van der Waals surface area (Å²) in [5, 5.41) is 2.49.